The third-order valence-electron chi connectivity index (χ3n) is 5.45. The number of hydrogen-bond acceptors (Lipinski definition) is 6. The Morgan fingerprint density at radius 2 is 1.68 bits per heavy atom. The fourth-order valence-corrected chi connectivity index (χ4v) is 5.72. The minimum absolute atomic E-state index is 0.0621. The summed E-state index contributed by atoms with van der Waals surface area (Å²) < 4.78 is 33.2. The number of nitro benzene ring substituents is 1. The lowest BCUT2D eigenvalue weighted by atomic mass is 9.77. The molecular formula is C23H21NO6S. The molecule has 0 N–H and O–H groups in total. The van der Waals surface area contributed by atoms with Gasteiger partial charge in [-0.05, 0) is 29.2 Å². The van der Waals surface area contributed by atoms with E-state index in [-0.39, 0.29) is 27.5 Å². The van der Waals surface area contributed by atoms with Crippen LogP contribution in [0.4, 0.5) is 5.69 Å². The lowest BCUT2D eigenvalue weighted by Crippen LogP contribution is -2.25. The number of nitrogens with zero attached hydrogens (tertiary/aromatic N) is 1. The van der Waals surface area contributed by atoms with Crippen LogP contribution < -0.4 is 0 Å². The first-order chi connectivity index (χ1) is 14.6. The van der Waals surface area contributed by atoms with Gasteiger partial charge in [-0.25, -0.2) is 8.42 Å². The van der Waals surface area contributed by atoms with Gasteiger partial charge in [-0.1, -0.05) is 44.2 Å². The van der Waals surface area contributed by atoms with Gasteiger partial charge in [-0.2, -0.15) is 0 Å². The van der Waals surface area contributed by atoms with Gasteiger partial charge in [-0.3, -0.25) is 14.9 Å². The van der Waals surface area contributed by atoms with Crippen molar-refractivity contribution in [3.8, 4) is 0 Å². The Morgan fingerprint density at radius 3 is 2.29 bits per heavy atom. The van der Waals surface area contributed by atoms with E-state index in [1.807, 2.05) is 13.8 Å². The Balaban J connectivity index is 1.85. The fraction of sp³-hybridized carbons (Fsp3) is 0.261. The zero-order valence-electron chi connectivity index (χ0n) is 17.1. The van der Waals surface area contributed by atoms with Crippen molar-refractivity contribution < 1.29 is 22.6 Å². The van der Waals surface area contributed by atoms with Crippen LogP contribution in [0.2, 0.25) is 0 Å². The second-order valence-corrected chi connectivity index (χ2v) is 10.5. The zero-order valence-corrected chi connectivity index (χ0v) is 17.9. The van der Waals surface area contributed by atoms with E-state index in [1.165, 1.54) is 18.2 Å². The average Bonchev–Trinajstić information content (AvgIpc) is 3.11. The van der Waals surface area contributed by atoms with E-state index in [2.05, 4.69) is 0 Å². The van der Waals surface area contributed by atoms with E-state index in [4.69, 9.17) is 4.42 Å². The summed E-state index contributed by atoms with van der Waals surface area (Å²) in [5.74, 6) is 0.595. The van der Waals surface area contributed by atoms with Gasteiger partial charge >= 0.3 is 0 Å². The van der Waals surface area contributed by atoms with Gasteiger partial charge in [0.2, 0.25) is 0 Å². The molecule has 0 fully saturated rings. The van der Waals surface area contributed by atoms with Crippen molar-refractivity contribution in [1.82, 2.24) is 0 Å². The van der Waals surface area contributed by atoms with E-state index in [1.54, 1.807) is 30.3 Å². The Hall–Kier alpha value is -3.26. The molecule has 1 aliphatic rings. The normalized spacial score (nSPS) is 16.5. The summed E-state index contributed by atoms with van der Waals surface area (Å²) in [6.07, 6.45) is 0.900. The number of carbonyl (C=O) groups excluding carboxylic acids is 1. The van der Waals surface area contributed by atoms with Crippen LogP contribution in [-0.2, 0) is 16.3 Å². The molecule has 3 aromatic rings. The number of non-ortho nitro benzene ring substituents is 1. The molecule has 0 amide bonds. The van der Waals surface area contributed by atoms with Crippen LogP contribution in [0.3, 0.4) is 0 Å². The van der Waals surface area contributed by atoms with Crippen LogP contribution in [0.15, 0.2) is 70.0 Å². The molecule has 1 aliphatic carbocycles. The molecule has 8 heteroatoms. The zero-order chi connectivity index (χ0) is 22.4. The second kappa shape index (κ2) is 7.46. The van der Waals surface area contributed by atoms with Crippen LogP contribution in [0.5, 0.6) is 0 Å². The van der Waals surface area contributed by atoms with Crippen molar-refractivity contribution >= 4 is 21.3 Å². The van der Waals surface area contributed by atoms with Gasteiger partial charge < -0.3 is 4.42 Å². The molecular weight excluding hydrogens is 418 g/mol. The molecule has 1 atom stereocenters. The van der Waals surface area contributed by atoms with Crippen molar-refractivity contribution in [1.29, 1.82) is 0 Å². The van der Waals surface area contributed by atoms with Gasteiger partial charge in [0.05, 0.1) is 15.4 Å². The van der Waals surface area contributed by atoms with E-state index in [0.717, 1.165) is 12.1 Å². The van der Waals surface area contributed by atoms with Crippen molar-refractivity contribution in [2.75, 3.05) is 0 Å². The maximum atomic E-state index is 13.6. The van der Waals surface area contributed by atoms with E-state index >= 15 is 0 Å². The molecule has 0 bridgehead atoms. The Labute approximate surface area is 179 Å². The molecule has 0 aliphatic heterocycles. The first-order valence-corrected chi connectivity index (χ1v) is 11.3. The van der Waals surface area contributed by atoms with Crippen LogP contribution in [0.25, 0.3) is 0 Å². The topological polar surface area (TPSA) is 107 Å². The number of benzene rings is 2. The van der Waals surface area contributed by atoms with Gasteiger partial charge in [-0.15, -0.1) is 0 Å². The number of fused-ring (bicyclic) bond motifs is 1. The number of rotatable bonds is 5. The summed E-state index contributed by atoms with van der Waals surface area (Å²) in [6.45, 7) is 3.94. The number of Topliss-reactive ketones (excluding diaryl/α,β-unsaturated/α-hetero) is 1. The third-order valence-corrected chi connectivity index (χ3v) is 7.51. The number of carbonyl (C=O) groups is 1. The maximum Gasteiger partial charge on any atom is 0.269 e. The van der Waals surface area contributed by atoms with Gasteiger partial charge in [0.15, 0.2) is 15.6 Å². The highest BCUT2D eigenvalue weighted by Gasteiger charge is 2.39. The summed E-state index contributed by atoms with van der Waals surface area (Å²) in [4.78, 5) is 22.9. The van der Waals surface area contributed by atoms with Crippen LogP contribution in [-0.4, -0.2) is 19.1 Å². The third kappa shape index (κ3) is 3.90. The van der Waals surface area contributed by atoms with Crippen LogP contribution in [0.1, 0.15) is 53.0 Å². The number of hydrogen-bond donors (Lipinski definition) is 0. The molecule has 0 spiro atoms. The molecule has 1 aromatic heterocycles. The first-order valence-electron chi connectivity index (χ1n) is 9.78. The van der Waals surface area contributed by atoms with E-state index in [9.17, 15) is 23.3 Å². The predicted molar refractivity (Wildman–Crippen MR) is 114 cm³/mol. The van der Waals surface area contributed by atoms with Crippen molar-refractivity contribution in [2.24, 2.45) is 5.41 Å². The SMILES string of the molecule is CC1(C)CC(=O)c2cc(C(c3ccccc3)S(=O)(=O)c3ccc([N+](=O)[O-])cc3)oc2C1. The Morgan fingerprint density at radius 1 is 1.03 bits per heavy atom. The lowest BCUT2D eigenvalue weighted by Gasteiger charge is -2.26. The Kier molecular flexibility index (Phi) is 5.05. The molecule has 0 radical (unpaired) electrons. The summed E-state index contributed by atoms with van der Waals surface area (Å²) >= 11 is 0. The number of sulfone groups is 1. The largest absolute Gasteiger partial charge is 0.464 e. The molecule has 7 nitrogen and oxygen atoms in total. The monoisotopic (exact) mass is 439 g/mol. The quantitative estimate of drug-likeness (QED) is 0.413. The van der Waals surface area contributed by atoms with Crippen molar-refractivity contribution in [3.05, 3.63) is 93.4 Å². The maximum absolute atomic E-state index is 13.6. The summed E-state index contributed by atoms with van der Waals surface area (Å²) in [7, 11) is -4.02. The molecule has 1 heterocycles. The minimum Gasteiger partial charge on any atom is -0.464 e. The molecule has 0 saturated carbocycles. The number of nitro groups is 1. The number of furan rings is 1. The summed E-state index contributed by atoms with van der Waals surface area (Å²) in [6, 6.07) is 14.9. The highest BCUT2D eigenvalue weighted by atomic mass is 32.2. The van der Waals surface area contributed by atoms with E-state index in [0.29, 0.717) is 29.7 Å². The Bertz CT molecular complexity index is 1260. The fourth-order valence-electron chi connectivity index (χ4n) is 3.99. The summed E-state index contributed by atoms with van der Waals surface area (Å²) in [5.41, 5.74) is 0.447. The average molecular weight is 439 g/mol. The van der Waals surface area contributed by atoms with Crippen LogP contribution >= 0.6 is 0 Å². The number of ketones is 1. The molecule has 4 rings (SSSR count). The summed E-state index contributed by atoms with van der Waals surface area (Å²) in [5, 5.41) is 9.76. The molecule has 2 aromatic carbocycles. The van der Waals surface area contributed by atoms with Crippen LogP contribution in [0, 0.1) is 15.5 Å². The molecule has 160 valence electrons. The van der Waals surface area contributed by atoms with Crippen molar-refractivity contribution in [2.45, 2.75) is 36.8 Å². The molecule has 31 heavy (non-hydrogen) atoms. The predicted octanol–water partition coefficient (Wildman–Crippen LogP) is 4.91. The first kappa shape index (κ1) is 21.0. The molecule has 1 unspecified atom stereocenters. The standard InChI is InChI=1S/C23H21NO6S/c1-23(2)13-19(25)18-12-20(30-21(18)14-23)22(15-6-4-3-5-7-15)31(28,29)17-10-8-16(9-11-17)24(26)27/h3-12,22H,13-14H2,1-2H3. The van der Waals surface area contributed by atoms with E-state index < -0.39 is 20.0 Å². The minimum atomic E-state index is -4.02. The van der Waals surface area contributed by atoms with Gasteiger partial charge in [0.25, 0.3) is 5.69 Å². The van der Waals surface area contributed by atoms with Gasteiger partial charge in [0.1, 0.15) is 16.8 Å². The van der Waals surface area contributed by atoms with Gasteiger partial charge in [0, 0.05) is 25.0 Å². The second-order valence-electron chi connectivity index (χ2n) is 8.51. The smallest absolute Gasteiger partial charge is 0.269 e. The van der Waals surface area contributed by atoms with Crippen molar-refractivity contribution in [3.63, 3.8) is 0 Å². The lowest BCUT2D eigenvalue weighted by molar-refractivity contribution is -0.384. The highest BCUT2D eigenvalue weighted by molar-refractivity contribution is 7.91. The molecule has 0 saturated heterocycles. The highest BCUT2D eigenvalue weighted by Crippen LogP contribution is 2.41.